The number of hydrogen-bond donors (Lipinski definition) is 2. The Balaban J connectivity index is 2.28. The molecule has 1 amide bonds. The van der Waals surface area contributed by atoms with Crippen LogP contribution in [0.3, 0.4) is 0 Å². The number of halogens is 2. The van der Waals surface area contributed by atoms with Crippen molar-refractivity contribution in [2.45, 2.75) is 13.3 Å². The summed E-state index contributed by atoms with van der Waals surface area (Å²) in [5.74, 6) is -0.202. The molecular weight excluding hydrogens is 384 g/mol. The summed E-state index contributed by atoms with van der Waals surface area (Å²) in [4.78, 5) is 12.3. The Labute approximate surface area is 134 Å². The number of nitrogen functional groups attached to an aromatic ring is 1. The van der Waals surface area contributed by atoms with Crippen molar-refractivity contribution in [2.24, 2.45) is 0 Å². The monoisotopic (exact) mass is 396 g/mol. The van der Waals surface area contributed by atoms with E-state index in [9.17, 15) is 4.79 Å². The molecule has 0 saturated carbocycles. The SMILES string of the molecule is CCc1cc(Br)ccc1NC(=O)c1ccc(Br)cc1N. The molecule has 5 heteroatoms. The number of hydrogen-bond acceptors (Lipinski definition) is 2. The van der Waals surface area contributed by atoms with Crippen LogP contribution in [0.25, 0.3) is 0 Å². The third-order valence-corrected chi connectivity index (χ3v) is 3.94. The van der Waals surface area contributed by atoms with E-state index in [2.05, 4.69) is 37.2 Å². The fourth-order valence-electron chi connectivity index (χ4n) is 1.91. The molecule has 0 atom stereocenters. The normalized spacial score (nSPS) is 10.3. The van der Waals surface area contributed by atoms with Crippen LogP contribution in [-0.4, -0.2) is 5.91 Å². The molecule has 20 heavy (non-hydrogen) atoms. The van der Waals surface area contributed by atoms with Gasteiger partial charge in [0.1, 0.15) is 0 Å². The summed E-state index contributed by atoms with van der Waals surface area (Å²) in [6.07, 6.45) is 0.838. The van der Waals surface area contributed by atoms with Crippen molar-refractivity contribution in [1.82, 2.24) is 0 Å². The Morgan fingerprint density at radius 3 is 2.45 bits per heavy atom. The first kappa shape index (κ1) is 15.1. The van der Waals surface area contributed by atoms with Crippen LogP contribution in [0, 0.1) is 0 Å². The zero-order chi connectivity index (χ0) is 14.7. The Morgan fingerprint density at radius 2 is 1.80 bits per heavy atom. The minimum atomic E-state index is -0.202. The molecule has 0 saturated heterocycles. The molecule has 0 aliphatic rings. The largest absolute Gasteiger partial charge is 0.398 e. The summed E-state index contributed by atoms with van der Waals surface area (Å²) in [6.45, 7) is 2.05. The maximum Gasteiger partial charge on any atom is 0.257 e. The van der Waals surface area contributed by atoms with E-state index in [0.29, 0.717) is 11.3 Å². The molecule has 0 radical (unpaired) electrons. The lowest BCUT2D eigenvalue weighted by atomic mass is 10.1. The molecule has 3 nitrogen and oxygen atoms in total. The lowest BCUT2D eigenvalue weighted by molar-refractivity contribution is 0.102. The van der Waals surface area contributed by atoms with E-state index in [-0.39, 0.29) is 5.91 Å². The maximum atomic E-state index is 12.3. The van der Waals surface area contributed by atoms with Crippen LogP contribution in [0.4, 0.5) is 11.4 Å². The van der Waals surface area contributed by atoms with E-state index in [0.717, 1.165) is 26.6 Å². The molecular formula is C15H14Br2N2O. The van der Waals surface area contributed by atoms with Crippen LogP contribution in [-0.2, 0) is 6.42 Å². The van der Waals surface area contributed by atoms with E-state index in [1.165, 1.54) is 0 Å². The maximum absolute atomic E-state index is 12.3. The predicted molar refractivity (Wildman–Crippen MR) is 90.0 cm³/mol. The van der Waals surface area contributed by atoms with Gasteiger partial charge in [0.05, 0.1) is 5.56 Å². The number of benzene rings is 2. The lowest BCUT2D eigenvalue weighted by Crippen LogP contribution is -2.15. The standard InChI is InChI=1S/C15H14Br2N2O/c1-2-9-7-10(16)4-6-14(9)19-15(20)12-5-3-11(17)8-13(12)18/h3-8H,2,18H2,1H3,(H,19,20). The second-order valence-electron chi connectivity index (χ2n) is 4.34. The Bertz CT molecular complexity index is 656. The van der Waals surface area contributed by atoms with E-state index in [1.54, 1.807) is 18.2 Å². The van der Waals surface area contributed by atoms with Crippen molar-refractivity contribution >= 4 is 49.1 Å². The first-order valence-electron chi connectivity index (χ1n) is 6.16. The van der Waals surface area contributed by atoms with Crippen molar-refractivity contribution < 1.29 is 4.79 Å². The highest BCUT2D eigenvalue weighted by atomic mass is 79.9. The molecule has 0 unspecified atom stereocenters. The fraction of sp³-hybridized carbons (Fsp3) is 0.133. The number of carbonyl (C=O) groups is 1. The average molecular weight is 398 g/mol. The highest BCUT2D eigenvalue weighted by Gasteiger charge is 2.12. The smallest absolute Gasteiger partial charge is 0.257 e. The Kier molecular flexibility index (Phi) is 4.83. The molecule has 0 heterocycles. The highest BCUT2D eigenvalue weighted by Crippen LogP contribution is 2.24. The molecule has 2 aromatic carbocycles. The van der Waals surface area contributed by atoms with Gasteiger partial charge in [-0.05, 0) is 48.4 Å². The summed E-state index contributed by atoms with van der Waals surface area (Å²) >= 11 is 6.76. The van der Waals surface area contributed by atoms with Gasteiger partial charge in [-0.1, -0.05) is 38.8 Å². The molecule has 0 aromatic heterocycles. The van der Waals surface area contributed by atoms with Gasteiger partial charge in [-0.3, -0.25) is 4.79 Å². The van der Waals surface area contributed by atoms with Gasteiger partial charge >= 0.3 is 0 Å². The number of aryl methyl sites for hydroxylation is 1. The molecule has 3 N–H and O–H groups in total. The van der Waals surface area contributed by atoms with Gasteiger partial charge in [0.15, 0.2) is 0 Å². The van der Waals surface area contributed by atoms with Crippen molar-refractivity contribution in [3.8, 4) is 0 Å². The van der Waals surface area contributed by atoms with Gasteiger partial charge in [-0.25, -0.2) is 0 Å². The van der Waals surface area contributed by atoms with Gasteiger partial charge in [0.25, 0.3) is 5.91 Å². The van der Waals surface area contributed by atoms with Gasteiger partial charge in [0.2, 0.25) is 0 Å². The summed E-state index contributed by atoms with van der Waals surface area (Å²) < 4.78 is 1.85. The third-order valence-electron chi connectivity index (χ3n) is 2.95. The van der Waals surface area contributed by atoms with Gasteiger partial charge in [0, 0.05) is 20.3 Å². The molecule has 0 fully saturated rings. The number of nitrogens with two attached hydrogens (primary N) is 1. The second-order valence-corrected chi connectivity index (χ2v) is 6.17. The van der Waals surface area contributed by atoms with E-state index < -0.39 is 0 Å². The Morgan fingerprint density at radius 1 is 1.15 bits per heavy atom. The van der Waals surface area contributed by atoms with Crippen molar-refractivity contribution in [2.75, 3.05) is 11.1 Å². The summed E-state index contributed by atoms with van der Waals surface area (Å²) in [7, 11) is 0. The highest BCUT2D eigenvalue weighted by molar-refractivity contribution is 9.10. The molecule has 0 bridgehead atoms. The molecule has 0 spiro atoms. The number of rotatable bonds is 3. The first-order valence-corrected chi connectivity index (χ1v) is 7.74. The van der Waals surface area contributed by atoms with Crippen molar-refractivity contribution in [1.29, 1.82) is 0 Å². The molecule has 104 valence electrons. The van der Waals surface area contributed by atoms with Crippen LogP contribution in [0.2, 0.25) is 0 Å². The van der Waals surface area contributed by atoms with Gasteiger partial charge in [-0.15, -0.1) is 0 Å². The third kappa shape index (κ3) is 3.41. The first-order chi connectivity index (χ1) is 9.51. The summed E-state index contributed by atoms with van der Waals surface area (Å²) in [6, 6.07) is 11.0. The molecule has 0 aliphatic heterocycles. The fourth-order valence-corrected chi connectivity index (χ4v) is 2.69. The summed E-state index contributed by atoms with van der Waals surface area (Å²) in [5, 5.41) is 2.91. The minimum absolute atomic E-state index is 0.202. The quantitative estimate of drug-likeness (QED) is 0.743. The van der Waals surface area contributed by atoms with Crippen LogP contribution in [0.5, 0.6) is 0 Å². The number of anilines is 2. The topological polar surface area (TPSA) is 55.1 Å². The average Bonchev–Trinajstić information content (AvgIpc) is 2.40. The van der Waals surface area contributed by atoms with E-state index in [4.69, 9.17) is 5.73 Å². The van der Waals surface area contributed by atoms with Crippen LogP contribution >= 0.6 is 31.9 Å². The molecule has 0 aliphatic carbocycles. The second kappa shape index (κ2) is 6.41. The zero-order valence-corrected chi connectivity index (χ0v) is 14.1. The van der Waals surface area contributed by atoms with Crippen LogP contribution < -0.4 is 11.1 Å². The van der Waals surface area contributed by atoms with Crippen LogP contribution in [0.1, 0.15) is 22.8 Å². The van der Waals surface area contributed by atoms with Crippen LogP contribution in [0.15, 0.2) is 45.3 Å². The van der Waals surface area contributed by atoms with Gasteiger partial charge in [-0.2, -0.15) is 0 Å². The molecule has 2 rings (SSSR count). The Hall–Kier alpha value is -1.33. The van der Waals surface area contributed by atoms with Gasteiger partial charge < -0.3 is 11.1 Å². The number of amides is 1. The lowest BCUT2D eigenvalue weighted by Gasteiger charge is -2.11. The van der Waals surface area contributed by atoms with E-state index >= 15 is 0 Å². The van der Waals surface area contributed by atoms with Crippen molar-refractivity contribution in [3.63, 3.8) is 0 Å². The number of nitrogens with one attached hydrogen (secondary N) is 1. The predicted octanol–water partition coefficient (Wildman–Crippen LogP) is 4.61. The molecule has 2 aromatic rings. The minimum Gasteiger partial charge on any atom is -0.398 e. The number of carbonyl (C=O) groups excluding carboxylic acids is 1. The summed E-state index contributed by atoms with van der Waals surface area (Å²) in [5.41, 5.74) is 8.67. The zero-order valence-electron chi connectivity index (χ0n) is 10.9. The van der Waals surface area contributed by atoms with Crippen molar-refractivity contribution in [3.05, 3.63) is 56.5 Å². The van der Waals surface area contributed by atoms with E-state index in [1.807, 2.05) is 25.1 Å².